The molecule has 7 heteroatoms. The number of anilines is 4. The third kappa shape index (κ3) is 6.39. The molecule has 0 amide bonds. The van der Waals surface area contributed by atoms with Gasteiger partial charge in [0.15, 0.2) is 0 Å². The molecule has 0 N–H and O–H groups in total. The first-order valence-corrected chi connectivity index (χ1v) is 20.9. The van der Waals surface area contributed by atoms with Crippen molar-refractivity contribution < 1.29 is 25.8 Å². The SMILES string of the molecule is Cc1cc(C)c(N2[CH-]N(c3[c-]c(Oc4[c-]c5c(cc4)c4c6c7ccccc7n(-c7ccccc7)c6ccc4n5-c4cc(C(C)(C)C)ccn4)ccc3)c3ccccc32)c(C)c1.[Pt]. The number of ether oxygens (including phenoxy) is 1. The molecule has 0 fully saturated rings. The Kier molecular flexibility index (Phi) is 9.61. The molecule has 308 valence electrons. The van der Waals surface area contributed by atoms with Crippen LogP contribution in [0.4, 0.5) is 22.7 Å². The van der Waals surface area contributed by atoms with Crippen molar-refractivity contribution >= 4 is 66.4 Å². The molecule has 0 saturated heterocycles. The summed E-state index contributed by atoms with van der Waals surface area (Å²) in [5.41, 5.74) is 14.5. The Morgan fingerprint density at radius 1 is 0.581 bits per heavy atom. The average Bonchev–Trinajstić information content (AvgIpc) is 3.91. The van der Waals surface area contributed by atoms with Gasteiger partial charge in [-0.15, -0.1) is 48.1 Å². The maximum Gasteiger partial charge on any atom is 0.135 e. The maximum absolute atomic E-state index is 6.72. The number of aromatic nitrogens is 3. The van der Waals surface area contributed by atoms with E-state index in [-0.39, 0.29) is 26.5 Å². The molecule has 11 rings (SSSR count). The van der Waals surface area contributed by atoms with Gasteiger partial charge in [-0.2, -0.15) is 12.1 Å². The van der Waals surface area contributed by atoms with Crippen molar-refractivity contribution in [2.45, 2.75) is 47.0 Å². The summed E-state index contributed by atoms with van der Waals surface area (Å²) in [5, 5.41) is 4.63. The van der Waals surface area contributed by atoms with Gasteiger partial charge in [0.1, 0.15) is 5.82 Å². The van der Waals surface area contributed by atoms with Gasteiger partial charge in [-0.3, -0.25) is 0 Å². The largest absolute Gasteiger partial charge is 0.509 e. The number of benzene rings is 7. The van der Waals surface area contributed by atoms with Gasteiger partial charge < -0.3 is 23.7 Å². The van der Waals surface area contributed by atoms with Crippen LogP contribution in [0.15, 0.2) is 152 Å². The second-order valence-electron chi connectivity index (χ2n) is 17.2. The molecule has 62 heavy (non-hydrogen) atoms. The van der Waals surface area contributed by atoms with Crippen molar-refractivity contribution in [1.82, 2.24) is 14.1 Å². The summed E-state index contributed by atoms with van der Waals surface area (Å²) in [6.07, 6.45) is 1.92. The van der Waals surface area contributed by atoms with E-state index in [4.69, 9.17) is 9.72 Å². The maximum atomic E-state index is 6.72. The third-order valence-corrected chi connectivity index (χ3v) is 12.0. The van der Waals surface area contributed by atoms with Crippen LogP contribution in [0.25, 0.3) is 55.1 Å². The van der Waals surface area contributed by atoms with Crippen LogP contribution in [-0.4, -0.2) is 14.1 Å². The molecule has 4 heterocycles. The van der Waals surface area contributed by atoms with Crippen LogP contribution in [0.5, 0.6) is 11.5 Å². The van der Waals surface area contributed by atoms with Crippen molar-refractivity contribution in [3.63, 3.8) is 0 Å². The van der Waals surface area contributed by atoms with Crippen molar-refractivity contribution in [3.8, 4) is 23.0 Å². The zero-order valence-corrected chi connectivity index (χ0v) is 37.7. The average molecular weight is 986 g/mol. The minimum atomic E-state index is -0.0617. The van der Waals surface area contributed by atoms with Gasteiger partial charge in [0.25, 0.3) is 0 Å². The van der Waals surface area contributed by atoms with Gasteiger partial charge in [-0.25, -0.2) is 4.98 Å². The quantitative estimate of drug-likeness (QED) is 0.156. The summed E-state index contributed by atoms with van der Waals surface area (Å²) < 4.78 is 11.3. The number of hydrogen-bond acceptors (Lipinski definition) is 4. The molecule has 1 aliphatic heterocycles. The normalized spacial score (nSPS) is 12.7. The monoisotopic (exact) mass is 985 g/mol. The van der Waals surface area contributed by atoms with E-state index in [1.807, 2.05) is 24.4 Å². The standard InChI is InChI=1S/C55H44N5O.Pt/c1-35-29-36(2)54(37(3)30-35)58-34-57(46-21-12-13-22-47(46)58)40-17-14-18-41(32-40)61-42-23-24-44-50(33-42)60(51-31-38(27-28-56-51)55(4,5)6)49-26-25-48-52(53(44)49)43-19-10-11-20-45(43)59(48)39-15-8-7-9-16-39;/h7-31,34H,1-6H3;/q-3;. The molecule has 0 bridgehead atoms. The molecule has 0 spiro atoms. The van der Waals surface area contributed by atoms with E-state index < -0.39 is 0 Å². The molecule has 0 radical (unpaired) electrons. The molecule has 0 atom stereocenters. The molecule has 0 saturated carbocycles. The van der Waals surface area contributed by atoms with Crippen LogP contribution in [-0.2, 0) is 26.5 Å². The van der Waals surface area contributed by atoms with Gasteiger partial charge >= 0.3 is 0 Å². The van der Waals surface area contributed by atoms with E-state index in [1.54, 1.807) is 0 Å². The van der Waals surface area contributed by atoms with Crippen LogP contribution in [0, 0.1) is 39.6 Å². The Bertz CT molecular complexity index is 3330. The molecule has 3 aromatic heterocycles. The minimum absolute atomic E-state index is 0. The number of aryl methyl sites for hydroxylation is 3. The Hall–Kier alpha value is -6.62. The summed E-state index contributed by atoms with van der Waals surface area (Å²) >= 11 is 0. The topological polar surface area (TPSA) is 38.5 Å². The van der Waals surface area contributed by atoms with E-state index >= 15 is 0 Å². The molecular formula is C55H44N5OPt-3. The Labute approximate surface area is 376 Å². The minimum Gasteiger partial charge on any atom is -0.509 e. The van der Waals surface area contributed by atoms with E-state index in [2.05, 4.69) is 207 Å². The Morgan fingerprint density at radius 2 is 1.24 bits per heavy atom. The predicted octanol–water partition coefficient (Wildman–Crippen LogP) is 14.3. The molecule has 1 aliphatic rings. The van der Waals surface area contributed by atoms with Gasteiger partial charge in [-0.05, 0) is 103 Å². The van der Waals surface area contributed by atoms with Crippen LogP contribution in [0.2, 0.25) is 0 Å². The number of rotatable bonds is 6. The van der Waals surface area contributed by atoms with Gasteiger partial charge in [-0.1, -0.05) is 92.5 Å². The smallest absolute Gasteiger partial charge is 0.135 e. The zero-order chi connectivity index (χ0) is 41.6. The molecular weight excluding hydrogens is 942 g/mol. The Balaban J connectivity index is 0.00000458. The van der Waals surface area contributed by atoms with Gasteiger partial charge in [0, 0.05) is 77.8 Å². The first kappa shape index (κ1) is 39.5. The van der Waals surface area contributed by atoms with Gasteiger partial charge in [0.2, 0.25) is 0 Å². The van der Waals surface area contributed by atoms with E-state index in [0.29, 0.717) is 11.5 Å². The van der Waals surface area contributed by atoms with Crippen LogP contribution in [0.1, 0.15) is 43.0 Å². The van der Waals surface area contributed by atoms with Crippen molar-refractivity contribution in [1.29, 1.82) is 0 Å². The van der Waals surface area contributed by atoms with Crippen molar-refractivity contribution in [3.05, 3.63) is 193 Å². The molecule has 10 aromatic rings. The van der Waals surface area contributed by atoms with Crippen molar-refractivity contribution in [2.75, 3.05) is 9.80 Å². The molecule has 0 aliphatic carbocycles. The summed E-state index contributed by atoms with van der Waals surface area (Å²) in [6, 6.07) is 58.7. The summed E-state index contributed by atoms with van der Waals surface area (Å²) in [5.74, 6) is 2.04. The molecule has 7 aromatic carbocycles. The summed E-state index contributed by atoms with van der Waals surface area (Å²) in [6.45, 7) is 15.4. The van der Waals surface area contributed by atoms with Crippen LogP contribution >= 0.6 is 0 Å². The number of para-hydroxylation sites is 4. The summed E-state index contributed by atoms with van der Waals surface area (Å²) in [7, 11) is 0. The second-order valence-corrected chi connectivity index (χ2v) is 17.2. The van der Waals surface area contributed by atoms with E-state index in [0.717, 1.165) is 61.4 Å². The van der Waals surface area contributed by atoms with E-state index in [9.17, 15) is 0 Å². The Morgan fingerprint density at radius 3 is 2.00 bits per heavy atom. The molecule has 0 unspecified atom stereocenters. The number of hydrogen-bond donors (Lipinski definition) is 0. The number of pyridine rings is 1. The zero-order valence-electron chi connectivity index (χ0n) is 35.5. The first-order chi connectivity index (χ1) is 29.6. The van der Waals surface area contributed by atoms with Gasteiger partial charge in [0.05, 0.1) is 11.0 Å². The van der Waals surface area contributed by atoms with Crippen molar-refractivity contribution in [2.24, 2.45) is 0 Å². The summed E-state index contributed by atoms with van der Waals surface area (Å²) in [4.78, 5) is 9.48. The fraction of sp³-hybridized carbons (Fsp3) is 0.127. The fourth-order valence-electron chi connectivity index (χ4n) is 9.42. The van der Waals surface area contributed by atoms with Crippen LogP contribution in [0.3, 0.4) is 0 Å². The number of nitrogens with zero attached hydrogens (tertiary/aromatic N) is 5. The third-order valence-electron chi connectivity index (χ3n) is 12.0. The molecule has 6 nitrogen and oxygen atoms in total. The first-order valence-electron chi connectivity index (χ1n) is 20.9. The number of fused-ring (bicyclic) bond motifs is 8. The second kappa shape index (κ2) is 15.1. The predicted molar refractivity (Wildman–Crippen MR) is 251 cm³/mol. The van der Waals surface area contributed by atoms with E-state index in [1.165, 1.54) is 38.7 Å². The fourth-order valence-corrected chi connectivity index (χ4v) is 9.42. The van der Waals surface area contributed by atoms with Crippen LogP contribution < -0.4 is 14.5 Å².